The Bertz CT molecular complexity index is 1090. The molecule has 3 aromatic rings. The van der Waals surface area contributed by atoms with Crippen molar-refractivity contribution in [2.45, 2.75) is 19.6 Å². The van der Waals surface area contributed by atoms with E-state index in [0.717, 1.165) is 16.9 Å². The van der Waals surface area contributed by atoms with Crippen LogP contribution < -0.4 is 20.3 Å². The minimum atomic E-state index is -0.387. The standard InChI is InChI=1S/C20H19ClN6O3S/c1-12-9-23-16(28)10-27(12)17-15(3-2-8-22-17)18(29)24-19-25-26-20(31-19)30-11-13-4-6-14(21)7-5-13/h2-8,12H,9-11H2,1H3,(H,23,28)(H,24,25,29). The van der Waals surface area contributed by atoms with Crippen LogP contribution in [0.25, 0.3) is 0 Å². The molecule has 1 atom stereocenters. The third kappa shape index (κ3) is 5.09. The zero-order chi connectivity index (χ0) is 21.8. The van der Waals surface area contributed by atoms with E-state index in [4.69, 9.17) is 16.3 Å². The van der Waals surface area contributed by atoms with Gasteiger partial charge in [-0.25, -0.2) is 4.98 Å². The maximum Gasteiger partial charge on any atom is 0.296 e. The van der Waals surface area contributed by atoms with Gasteiger partial charge in [0.2, 0.25) is 11.0 Å². The molecule has 1 aliphatic heterocycles. The van der Waals surface area contributed by atoms with Gasteiger partial charge in [0.05, 0.1) is 12.1 Å². The molecular formula is C20H19ClN6O3S. The predicted octanol–water partition coefficient (Wildman–Crippen LogP) is 2.74. The topological polar surface area (TPSA) is 109 Å². The highest BCUT2D eigenvalue weighted by Gasteiger charge is 2.28. The van der Waals surface area contributed by atoms with Gasteiger partial charge in [-0.1, -0.05) is 28.8 Å². The molecule has 2 amide bonds. The highest BCUT2D eigenvalue weighted by molar-refractivity contribution is 7.17. The van der Waals surface area contributed by atoms with Gasteiger partial charge in [-0.2, -0.15) is 0 Å². The Hall–Kier alpha value is -3.24. The number of benzene rings is 1. The van der Waals surface area contributed by atoms with Crippen LogP contribution in [0.3, 0.4) is 0 Å². The molecule has 1 aromatic carbocycles. The molecular weight excluding hydrogens is 440 g/mol. The van der Waals surface area contributed by atoms with E-state index in [1.54, 1.807) is 30.5 Å². The Morgan fingerprint density at radius 3 is 2.94 bits per heavy atom. The molecule has 1 unspecified atom stereocenters. The van der Waals surface area contributed by atoms with Crippen molar-refractivity contribution in [3.63, 3.8) is 0 Å². The van der Waals surface area contributed by atoms with Crippen molar-refractivity contribution in [3.8, 4) is 5.19 Å². The van der Waals surface area contributed by atoms with Crippen molar-refractivity contribution in [3.05, 3.63) is 58.7 Å². The van der Waals surface area contributed by atoms with Gasteiger partial charge in [-0.3, -0.25) is 14.9 Å². The van der Waals surface area contributed by atoms with E-state index in [0.29, 0.717) is 39.9 Å². The lowest BCUT2D eigenvalue weighted by atomic mass is 10.1. The Kier molecular flexibility index (Phi) is 6.28. The molecule has 160 valence electrons. The summed E-state index contributed by atoms with van der Waals surface area (Å²) in [6.07, 6.45) is 1.60. The normalized spacial score (nSPS) is 16.0. The highest BCUT2D eigenvalue weighted by atomic mass is 35.5. The highest BCUT2D eigenvalue weighted by Crippen LogP contribution is 2.26. The van der Waals surface area contributed by atoms with Gasteiger partial charge in [0, 0.05) is 23.8 Å². The zero-order valence-corrected chi connectivity index (χ0v) is 18.1. The number of anilines is 2. The van der Waals surface area contributed by atoms with Crippen LogP contribution >= 0.6 is 22.9 Å². The molecule has 9 nitrogen and oxygen atoms in total. The second-order valence-corrected chi connectivity index (χ2v) is 8.27. The van der Waals surface area contributed by atoms with E-state index in [-0.39, 0.29) is 24.4 Å². The van der Waals surface area contributed by atoms with E-state index in [2.05, 4.69) is 25.8 Å². The molecule has 1 fully saturated rings. The summed E-state index contributed by atoms with van der Waals surface area (Å²) in [5.74, 6) is -0.0468. The molecule has 31 heavy (non-hydrogen) atoms. The summed E-state index contributed by atoms with van der Waals surface area (Å²) in [6, 6.07) is 10.6. The summed E-state index contributed by atoms with van der Waals surface area (Å²) >= 11 is 7.00. The van der Waals surface area contributed by atoms with Crippen molar-refractivity contribution in [2.24, 2.45) is 0 Å². The first-order valence-corrected chi connectivity index (χ1v) is 10.7. The summed E-state index contributed by atoms with van der Waals surface area (Å²) in [6.45, 7) is 2.90. The molecule has 0 radical (unpaired) electrons. The Balaban J connectivity index is 1.43. The quantitative estimate of drug-likeness (QED) is 0.584. The minimum Gasteiger partial charge on any atom is -0.464 e. The van der Waals surface area contributed by atoms with E-state index in [1.807, 2.05) is 24.0 Å². The average Bonchev–Trinajstić information content (AvgIpc) is 3.22. The Labute approximate surface area is 187 Å². The third-order valence-corrected chi connectivity index (χ3v) is 5.65. The summed E-state index contributed by atoms with van der Waals surface area (Å²) in [7, 11) is 0. The summed E-state index contributed by atoms with van der Waals surface area (Å²) in [4.78, 5) is 30.9. The molecule has 1 saturated heterocycles. The fourth-order valence-corrected chi connectivity index (χ4v) is 3.75. The lowest BCUT2D eigenvalue weighted by Crippen LogP contribution is -2.53. The molecule has 0 saturated carbocycles. The number of nitrogens with zero attached hydrogens (tertiary/aromatic N) is 4. The Morgan fingerprint density at radius 2 is 2.13 bits per heavy atom. The van der Waals surface area contributed by atoms with Gasteiger partial charge in [0.25, 0.3) is 11.1 Å². The Morgan fingerprint density at radius 1 is 1.32 bits per heavy atom. The van der Waals surface area contributed by atoms with Crippen molar-refractivity contribution < 1.29 is 14.3 Å². The molecule has 3 heterocycles. The monoisotopic (exact) mass is 458 g/mol. The van der Waals surface area contributed by atoms with Crippen molar-refractivity contribution in [2.75, 3.05) is 23.3 Å². The number of carbonyl (C=O) groups excluding carboxylic acids is 2. The second kappa shape index (κ2) is 9.27. The number of aromatic nitrogens is 3. The van der Waals surface area contributed by atoms with E-state index in [9.17, 15) is 9.59 Å². The van der Waals surface area contributed by atoms with Crippen molar-refractivity contribution in [1.29, 1.82) is 0 Å². The fraction of sp³-hybridized carbons (Fsp3) is 0.250. The minimum absolute atomic E-state index is 0.00792. The van der Waals surface area contributed by atoms with Gasteiger partial charge in [0.15, 0.2) is 0 Å². The van der Waals surface area contributed by atoms with Crippen molar-refractivity contribution >= 4 is 45.7 Å². The lowest BCUT2D eigenvalue weighted by Gasteiger charge is -2.34. The number of carbonyl (C=O) groups is 2. The van der Waals surface area contributed by atoms with E-state index in [1.165, 1.54) is 0 Å². The van der Waals surface area contributed by atoms with Crippen LogP contribution in [0.2, 0.25) is 5.02 Å². The van der Waals surface area contributed by atoms with Crippen molar-refractivity contribution in [1.82, 2.24) is 20.5 Å². The van der Waals surface area contributed by atoms with Crippen LogP contribution in [-0.2, 0) is 11.4 Å². The second-order valence-electron chi connectivity index (χ2n) is 6.90. The molecule has 4 rings (SSSR count). The third-order valence-electron chi connectivity index (χ3n) is 4.65. The number of hydrogen-bond acceptors (Lipinski definition) is 8. The molecule has 0 spiro atoms. The number of hydrogen-bond donors (Lipinski definition) is 2. The average molecular weight is 459 g/mol. The number of piperazine rings is 1. The number of ether oxygens (including phenoxy) is 1. The van der Waals surface area contributed by atoms with Gasteiger partial charge >= 0.3 is 0 Å². The van der Waals surface area contributed by atoms with Crippen LogP contribution in [0.4, 0.5) is 10.9 Å². The van der Waals surface area contributed by atoms with Gasteiger partial charge in [-0.05, 0) is 48.1 Å². The molecule has 2 N–H and O–H groups in total. The number of amides is 2. The zero-order valence-electron chi connectivity index (χ0n) is 16.5. The van der Waals surface area contributed by atoms with Crippen LogP contribution in [0.5, 0.6) is 5.19 Å². The number of rotatable bonds is 6. The van der Waals surface area contributed by atoms with Gasteiger partial charge < -0.3 is 15.0 Å². The van der Waals surface area contributed by atoms with Crippen LogP contribution in [-0.4, -0.2) is 46.1 Å². The smallest absolute Gasteiger partial charge is 0.296 e. The fourth-order valence-electron chi connectivity index (χ4n) is 3.03. The van der Waals surface area contributed by atoms with Crippen LogP contribution in [0, 0.1) is 0 Å². The first-order valence-electron chi connectivity index (χ1n) is 9.50. The number of halogens is 1. The molecule has 0 aliphatic carbocycles. The maximum atomic E-state index is 12.9. The lowest BCUT2D eigenvalue weighted by molar-refractivity contribution is -0.120. The molecule has 0 bridgehead atoms. The number of pyridine rings is 1. The molecule has 1 aliphatic rings. The van der Waals surface area contributed by atoms with Gasteiger partial charge in [-0.15, -0.1) is 5.10 Å². The van der Waals surface area contributed by atoms with Gasteiger partial charge in [0.1, 0.15) is 12.4 Å². The number of nitrogens with one attached hydrogen (secondary N) is 2. The summed E-state index contributed by atoms with van der Waals surface area (Å²) in [5.41, 5.74) is 1.28. The molecule has 11 heteroatoms. The maximum absolute atomic E-state index is 12.9. The van der Waals surface area contributed by atoms with E-state index < -0.39 is 0 Å². The SMILES string of the molecule is CC1CNC(=O)CN1c1ncccc1C(=O)Nc1nnc(OCc2ccc(Cl)cc2)s1. The van der Waals surface area contributed by atoms with Crippen LogP contribution in [0.1, 0.15) is 22.8 Å². The molecule has 2 aromatic heterocycles. The summed E-state index contributed by atoms with van der Waals surface area (Å²) in [5, 5.41) is 14.7. The van der Waals surface area contributed by atoms with Crippen LogP contribution in [0.15, 0.2) is 42.6 Å². The predicted molar refractivity (Wildman–Crippen MR) is 118 cm³/mol. The summed E-state index contributed by atoms with van der Waals surface area (Å²) < 4.78 is 5.63. The largest absolute Gasteiger partial charge is 0.464 e. The first kappa shape index (κ1) is 21.0. The first-order chi connectivity index (χ1) is 15.0. The van der Waals surface area contributed by atoms with E-state index >= 15 is 0 Å².